The molecule has 0 amide bonds. The normalized spacial score (nSPS) is 10.7. The third kappa shape index (κ3) is 5.24. The molecule has 0 aromatic carbocycles. The molecule has 114 valence electrons. The molecule has 0 saturated heterocycles. The zero-order chi connectivity index (χ0) is 15.6. The van der Waals surface area contributed by atoms with E-state index in [9.17, 15) is 9.59 Å². The van der Waals surface area contributed by atoms with Crippen LogP contribution in [0.2, 0.25) is 0 Å². The first-order chi connectivity index (χ1) is 9.44. The number of esters is 2. The summed E-state index contributed by atoms with van der Waals surface area (Å²) in [5.41, 5.74) is -1.23. The first-order valence-corrected chi connectivity index (χ1v) is 7.18. The Morgan fingerprint density at radius 2 is 1.60 bits per heavy atom. The van der Waals surface area contributed by atoms with Gasteiger partial charge in [-0.1, -0.05) is 13.8 Å². The zero-order valence-electron chi connectivity index (χ0n) is 13.2. The van der Waals surface area contributed by atoms with Gasteiger partial charge in [0.2, 0.25) is 0 Å². The zero-order valence-corrected chi connectivity index (χ0v) is 13.2. The van der Waals surface area contributed by atoms with Gasteiger partial charge in [0.25, 0.3) is 0 Å². The van der Waals surface area contributed by atoms with Crippen molar-refractivity contribution in [3.63, 3.8) is 0 Å². The van der Waals surface area contributed by atoms with Crippen LogP contribution in [0.5, 0.6) is 0 Å². The lowest BCUT2D eigenvalue weighted by Crippen LogP contribution is -2.43. The van der Waals surface area contributed by atoms with E-state index >= 15 is 0 Å². The Hall–Kier alpha value is -1.50. The highest BCUT2D eigenvalue weighted by molar-refractivity contribution is 6.00. The molecule has 20 heavy (non-hydrogen) atoms. The molecule has 4 nitrogen and oxygen atoms in total. The van der Waals surface area contributed by atoms with Gasteiger partial charge in [-0.05, 0) is 39.5 Å². The van der Waals surface area contributed by atoms with Crippen LogP contribution in [0.1, 0.15) is 53.9 Å². The Bertz CT molecular complexity index is 356. The van der Waals surface area contributed by atoms with E-state index in [0.717, 1.165) is 0 Å². The summed E-state index contributed by atoms with van der Waals surface area (Å²) in [7, 11) is 0. The standard InChI is InChI=1S/C16H26O4/c1-6-9-10-11-16(12-13(4)5,14(17)19-7-2)15(18)20-8-3/h13H,7-8,10-12H2,1-5H3. The SMILES string of the molecule is CC#CCCC(CC(C)C)(C(=O)OCC)C(=O)OCC. The van der Waals surface area contributed by atoms with Crippen LogP contribution in [0.25, 0.3) is 0 Å². The highest BCUT2D eigenvalue weighted by atomic mass is 16.6. The molecule has 0 atom stereocenters. The second-order valence-electron chi connectivity index (χ2n) is 5.05. The van der Waals surface area contributed by atoms with Gasteiger partial charge in [0.05, 0.1) is 13.2 Å². The van der Waals surface area contributed by atoms with Crippen LogP contribution in [0.4, 0.5) is 0 Å². The molecule has 0 bridgehead atoms. The van der Waals surface area contributed by atoms with Crippen molar-refractivity contribution in [3.8, 4) is 11.8 Å². The van der Waals surface area contributed by atoms with E-state index in [1.807, 2.05) is 13.8 Å². The maximum absolute atomic E-state index is 12.3. The topological polar surface area (TPSA) is 52.6 Å². The number of ether oxygens (including phenoxy) is 2. The molecule has 0 rings (SSSR count). The molecule has 0 aliphatic carbocycles. The quantitative estimate of drug-likeness (QED) is 0.390. The minimum Gasteiger partial charge on any atom is -0.465 e. The fraction of sp³-hybridized carbons (Fsp3) is 0.750. The summed E-state index contributed by atoms with van der Waals surface area (Å²) in [5, 5.41) is 0. The third-order valence-electron chi connectivity index (χ3n) is 2.94. The molecule has 0 unspecified atom stereocenters. The van der Waals surface area contributed by atoms with Gasteiger partial charge in [0.1, 0.15) is 0 Å². The van der Waals surface area contributed by atoms with Gasteiger partial charge >= 0.3 is 11.9 Å². The number of carbonyl (C=O) groups is 2. The fourth-order valence-corrected chi connectivity index (χ4v) is 2.19. The van der Waals surface area contributed by atoms with Gasteiger partial charge in [-0.2, -0.15) is 0 Å². The van der Waals surface area contributed by atoms with Crippen LogP contribution in [0, 0.1) is 23.2 Å². The van der Waals surface area contributed by atoms with Gasteiger partial charge in [0, 0.05) is 6.42 Å². The van der Waals surface area contributed by atoms with Crippen LogP contribution in [-0.4, -0.2) is 25.2 Å². The molecule has 0 aromatic rings. The summed E-state index contributed by atoms with van der Waals surface area (Å²) < 4.78 is 10.2. The van der Waals surface area contributed by atoms with Crippen LogP contribution < -0.4 is 0 Å². The largest absolute Gasteiger partial charge is 0.465 e. The molecule has 4 heteroatoms. The van der Waals surface area contributed by atoms with E-state index in [2.05, 4.69) is 11.8 Å². The van der Waals surface area contributed by atoms with Crippen LogP contribution >= 0.6 is 0 Å². The lowest BCUT2D eigenvalue weighted by Gasteiger charge is -2.30. The predicted molar refractivity (Wildman–Crippen MR) is 77.8 cm³/mol. The first kappa shape index (κ1) is 18.5. The minimum absolute atomic E-state index is 0.179. The summed E-state index contributed by atoms with van der Waals surface area (Å²) in [6, 6.07) is 0. The predicted octanol–water partition coefficient (Wildman–Crippen LogP) is 2.95. The van der Waals surface area contributed by atoms with Crippen LogP contribution in [0.15, 0.2) is 0 Å². The molecule has 0 N–H and O–H groups in total. The van der Waals surface area contributed by atoms with Gasteiger partial charge < -0.3 is 9.47 Å². The molecule has 0 aliphatic rings. The summed E-state index contributed by atoms with van der Waals surface area (Å²) in [6.07, 6.45) is 1.22. The van der Waals surface area contributed by atoms with E-state index < -0.39 is 17.4 Å². The maximum atomic E-state index is 12.3. The van der Waals surface area contributed by atoms with Crippen molar-refractivity contribution in [1.82, 2.24) is 0 Å². The molecule has 0 spiro atoms. The average Bonchev–Trinajstić information content (AvgIpc) is 2.37. The lowest BCUT2D eigenvalue weighted by molar-refractivity contribution is -0.174. The van der Waals surface area contributed by atoms with Gasteiger partial charge in [-0.25, -0.2) is 0 Å². The van der Waals surface area contributed by atoms with Gasteiger partial charge in [-0.15, -0.1) is 11.8 Å². The average molecular weight is 282 g/mol. The molecule has 0 fully saturated rings. The summed E-state index contributed by atoms with van der Waals surface area (Å²) in [6.45, 7) is 9.63. The van der Waals surface area contributed by atoms with E-state index in [1.165, 1.54) is 0 Å². The molecule has 0 aliphatic heterocycles. The Labute approximate surface area is 122 Å². The summed E-state index contributed by atoms with van der Waals surface area (Å²) in [5.74, 6) is 4.87. The van der Waals surface area contributed by atoms with Crippen LogP contribution in [0.3, 0.4) is 0 Å². The van der Waals surface area contributed by atoms with E-state index in [1.54, 1.807) is 20.8 Å². The van der Waals surface area contributed by atoms with Crippen LogP contribution in [-0.2, 0) is 19.1 Å². The monoisotopic (exact) mass is 282 g/mol. The van der Waals surface area contributed by atoms with Crippen molar-refractivity contribution >= 4 is 11.9 Å². The Kier molecular flexibility index (Phi) is 8.71. The molecule has 0 heterocycles. The summed E-state index contributed by atoms with van der Waals surface area (Å²) in [4.78, 5) is 24.7. The molecule has 0 saturated carbocycles. The number of carbonyl (C=O) groups excluding carboxylic acids is 2. The van der Waals surface area contributed by atoms with Gasteiger partial charge in [-0.3, -0.25) is 9.59 Å². The Morgan fingerprint density at radius 1 is 1.10 bits per heavy atom. The highest BCUT2D eigenvalue weighted by Crippen LogP contribution is 2.35. The first-order valence-electron chi connectivity index (χ1n) is 7.18. The lowest BCUT2D eigenvalue weighted by atomic mass is 9.76. The van der Waals surface area contributed by atoms with Crippen molar-refractivity contribution in [1.29, 1.82) is 0 Å². The Morgan fingerprint density at radius 3 is 1.95 bits per heavy atom. The van der Waals surface area contributed by atoms with E-state index in [-0.39, 0.29) is 19.1 Å². The van der Waals surface area contributed by atoms with E-state index in [0.29, 0.717) is 19.3 Å². The van der Waals surface area contributed by atoms with Gasteiger partial charge in [0.15, 0.2) is 5.41 Å². The number of hydrogen-bond donors (Lipinski definition) is 0. The molecule has 0 aromatic heterocycles. The maximum Gasteiger partial charge on any atom is 0.323 e. The van der Waals surface area contributed by atoms with Crippen molar-refractivity contribution in [2.75, 3.05) is 13.2 Å². The van der Waals surface area contributed by atoms with Crippen molar-refractivity contribution in [2.45, 2.75) is 53.9 Å². The van der Waals surface area contributed by atoms with Crippen molar-refractivity contribution in [3.05, 3.63) is 0 Å². The summed E-state index contributed by atoms with van der Waals surface area (Å²) >= 11 is 0. The van der Waals surface area contributed by atoms with E-state index in [4.69, 9.17) is 9.47 Å². The Balaban J connectivity index is 5.40. The highest BCUT2D eigenvalue weighted by Gasteiger charge is 2.48. The number of rotatable bonds is 8. The smallest absolute Gasteiger partial charge is 0.323 e. The molecular weight excluding hydrogens is 256 g/mol. The van der Waals surface area contributed by atoms with Crippen molar-refractivity contribution < 1.29 is 19.1 Å². The number of hydrogen-bond acceptors (Lipinski definition) is 4. The molecular formula is C16H26O4. The fourth-order valence-electron chi connectivity index (χ4n) is 2.19. The third-order valence-corrected chi connectivity index (χ3v) is 2.94. The second kappa shape index (κ2) is 9.41. The van der Waals surface area contributed by atoms with Crippen molar-refractivity contribution in [2.24, 2.45) is 11.3 Å². The second-order valence-corrected chi connectivity index (χ2v) is 5.05. The molecule has 0 radical (unpaired) electrons. The minimum atomic E-state index is -1.23.